The minimum absolute atomic E-state index is 0.0453. The minimum Gasteiger partial charge on any atom is -0.480 e. The molecule has 0 aliphatic rings. The Kier molecular flexibility index (Phi) is 5.16. The first-order chi connectivity index (χ1) is 8.40. The molecule has 0 aliphatic heterocycles. The van der Waals surface area contributed by atoms with Crippen LogP contribution in [-0.4, -0.2) is 36.1 Å². The Labute approximate surface area is 109 Å². The fourth-order valence-electron chi connectivity index (χ4n) is 1.76. The maximum Gasteiger partial charge on any atom is 0.326 e. The minimum atomic E-state index is -0.817. The SMILES string of the molecule is CC(C)C(Nc1ccc(CN(C)C)cc1)C(=O)O. The van der Waals surface area contributed by atoms with E-state index >= 15 is 0 Å². The number of hydrogen-bond acceptors (Lipinski definition) is 3. The van der Waals surface area contributed by atoms with E-state index < -0.39 is 12.0 Å². The normalized spacial score (nSPS) is 12.8. The van der Waals surface area contributed by atoms with Gasteiger partial charge in [0, 0.05) is 12.2 Å². The van der Waals surface area contributed by atoms with Gasteiger partial charge in [0.1, 0.15) is 6.04 Å². The van der Waals surface area contributed by atoms with Gasteiger partial charge in [0.2, 0.25) is 0 Å². The Bertz CT molecular complexity index is 385. The van der Waals surface area contributed by atoms with Crippen LogP contribution in [0.1, 0.15) is 19.4 Å². The fourth-order valence-corrected chi connectivity index (χ4v) is 1.76. The smallest absolute Gasteiger partial charge is 0.326 e. The second kappa shape index (κ2) is 6.40. The molecule has 0 aliphatic carbocycles. The number of nitrogens with one attached hydrogen (secondary N) is 1. The number of carboxylic acids is 1. The lowest BCUT2D eigenvalue weighted by molar-refractivity contribution is -0.138. The monoisotopic (exact) mass is 250 g/mol. The number of carboxylic acid groups (broad SMARTS) is 1. The number of hydrogen-bond donors (Lipinski definition) is 2. The maximum absolute atomic E-state index is 11.1. The van der Waals surface area contributed by atoms with Crippen molar-refractivity contribution >= 4 is 11.7 Å². The Hall–Kier alpha value is -1.55. The summed E-state index contributed by atoms with van der Waals surface area (Å²) in [6.07, 6.45) is 0. The van der Waals surface area contributed by atoms with Crippen LogP contribution in [0, 0.1) is 5.92 Å². The molecule has 0 amide bonds. The number of carbonyl (C=O) groups is 1. The van der Waals surface area contributed by atoms with E-state index in [1.54, 1.807) is 0 Å². The molecule has 0 spiro atoms. The summed E-state index contributed by atoms with van der Waals surface area (Å²) in [5.74, 6) is -0.772. The van der Waals surface area contributed by atoms with Gasteiger partial charge in [-0.15, -0.1) is 0 Å². The van der Waals surface area contributed by atoms with Crippen LogP contribution in [-0.2, 0) is 11.3 Å². The predicted molar refractivity (Wildman–Crippen MR) is 73.7 cm³/mol. The van der Waals surface area contributed by atoms with Crippen LogP contribution < -0.4 is 5.32 Å². The topological polar surface area (TPSA) is 52.6 Å². The summed E-state index contributed by atoms with van der Waals surface area (Å²) in [7, 11) is 4.04. The average Bonchev–Trinajstić information content (AvgIpc) is 2.26. The highest BCUT2D eigenvalue weighted by Crippen LogP contribution is 2.15. The summed E-state index contributed by atoms with van der Waals surface area (Å²) in [5, 5.41) is 12.2. The molecule has 2 N–H and O–H groups in total. The molecule has 0 fully saturated rings. The molecule has 0 radical (unpaired) electrons. The molecular weight excluding hydrogens is 228 g/mol. The summed E-state index contributed by atoms with van der Waals surface area (Å²) in [6, 6.07) is 7.34. The summed E-state index contributed by atoms with van der Waals surface area (Å²) in [6.45, 7) is 4.67. The zero-order chi connectivity index (χ0) is 13.7. The van der Waals surface area contributed by atoms with Crippen LogP contribution in [0.5, 0.6) is 0 Å². The first-order valence-electron chi connectivity index (χ1n) is 6.13. The lowest BCUT2D eigenvalue weighted by Gasteiger charge is -2.19. The van der Waals surface area contributed by atoms with Crippen LogP contribution in [0.4, 0.5) is 5.69 Å². The van der Waals surface area contributed by atoms with Gasteiger partial charge in [0.25, 0.3) is 0 Å². The molecule has 0 bridgehead atoms. The number of nitrogens with zero attached hydrogens (tertiary/aromatic N) is 1. The summed E-state index contributed by atoms with van der Waals surface area (Å²) in [5.41, 5.74) is 2.06. The van der Waals surface area contributed by atoms with E-state index in [1.807, 2.05) is 52.2 Å². The Morgan fingerprint density at radius 2 is 1.83 bits per heavy atom. The van der Waals surface area contributed by atoms with Gasteiger partial charge in [-0.2, -0.15) is 0 Å². The van der Waals surface area contributed by atoms with Crippen molar-refractivity contribution < 1.29 is 9.90 Å². The molecular formula is C14H22N2O2. The third-order valence-electron chi connectivity index (χ3n) is 2.71. The van der Waals surface area contributed by atoms with E-state index in [-0.39, 0.29) is 5.92 Å². The van der Waals surface area contributed by atoms with Crippen molar-refractivity contribution in [1.29, 1.82) is 0 Å². The molecule has 1 aromatic rings. The largest absolute Gasteiger partial charge is 0.480 e. The van der Waals surface area contributed by atoms with Crippen LogP contribution in [0.3, 0.4) is 0 Å². The van der Waals surface area contributed by atoms with Gasteiger partial charge >= 0.3 is 5.97 Å². The summed E-state index contributed by atoms with van der Waals surface area (Å²) < 4.78 is 0. The van der Waals surface area contributed by atoms with Crippen LogP contribution in [0.15, 0.2) is 24.3 Å². The molecule has 0 saturated heterocycles. The highest BCUT2D eigenvalue weighted by atomic mass is 16.4. The van der Waals surface area contributed by atoms with Crippen molar-refractivity contribution in [3.8, 4) is 0 Å². The Morgan fingerprint density at radius 3 is 2.22 bits per heavy atom. The van der Waals surface area contributed by atoms with Crippen LogP contribution in [0.2, 0.25) is 0 Å². The van der Waals surface area contributed by atoms with E-state index in [0.717, 1.165) is 12.2 Å². The molecule has 1 aromatic carbocycles. The third kappa shape index (κ3) is 4.37. The average molecular weight is 250 g/mol. The second-order valence-corrected chi connectivity index (χ2v) is 5.14. The number of benzene rings is 1. The zero-order valence-electron chi connectivity index (χ0n) is 11.5. The van der Waals surface area contributed by atoms with Gasteiger partial charge in [-0.3, -0.25) is 0 Å². The number of aliphatic carboxylic acids is 1. The van der Waals surface area contributed by atoms with E-state index in [0.29, 0.717) is 0 Å². The van der Waals surface area contributed by atoms with Crippen molar-refractivity contribution in [1.82, 2.24) is 4.90 Å². The van der Waals surface area contributed by atoms with Gasteiger partial charge in [-0.25, -0.2) is 4.79 Å². The van der Waals surface area contributed by atoms with Gasteiger partial charge in [0.15, 0.2) is 0 Å². The van der Waals surface area contributed by atoms with Crippen molar-refractivity contribution in [2.75, 3.05) is 19.4 Å². The van der Waals surface area contributed by atoms with Crippen LogP contribution in [0.25, 0.3) is 0 Å². The lowest BCUT2D eigenvalue weighted by Crippen LogP contribution is -2.34. The predicted octanol–water partition coefficient (Wildman–Crippen LogP) is 2.27. The molecule has 0 heterocycles. The molecule has 4 nitrogen and oxygen atoms in total. The zero-order valence-corrected chi connectivity index (χ0v) is 11.5. The lowest BCUT2D eigenvalue weighted by atomic mass is 10.0. The molecule has 1 rings (SSSR count). The second-order valence-electron chi connectivity index (χ2n) is 5.14. The number of rotatable bonds is 6. The van der Waals surface area contributed by atoms with Crippen molar-refractivity contribution in [2.24, 2.45) is 5.92 Å². The van der Waals surface area contributed by atoms with E-state index in [4.69, 9.17) is 5.11 Å². The molecule has 4 heteroatoms. The molecule has 18 heavy (non-hydrogen) atoms. The quantitative estimate of drug-likeness (QED) is 0.813. The van der Waals surface area contributed by atoms with Crippen molar-refractivity contribution in [2.45, 2.75) is 26.4 Å². The van der Waals surface area contributed by atoms with Crippen LogP contribution >= 0.6 is 0 Å². The molecule has 1 unspecified atom stereocenters. The first-order valence-corrected chi connectivity index (χ1v) is 6.13. The molecule has 1 atom stereocenters. The highest BCUT2D eigenvalue weighted by molar-refractivity contribution is 5.77. The van der Waals surface area contributed by atoms with Gasteiger partial charge < -0.3 is 15.3 Å². The van der Waals surface area contributed by atoms with Gasteiger partial charge in [-0.1, -0.05) is 26.0 Å². The Balaban J connectivity index is 2.70. The first kappa shape index (κ1) is 14.5. The van der Waals surface area contributed by atoms with Crippen molar-refractivity contribution in [3.05, 3.63) is 29.8 Å². The van der Waals surface area contributed by atoms with E-state index in [2.05, 4.69) is 10.2 Å². The maximum atomic E-state index is 11.1. The van der Waals surface area contributed by atoms with Gasteiger partial charge in [0.05, 0.1) is 0 Å². The molecule has 0 saturated carbocycles. The highest BCUT2D eigenvalue weighted by Gasteiger charge is 2.20. The summed E-state index contributed by atoms with van der Waals surface area (Å²) >= 11 is 0. The van der Waals surface area contributed by atoms with E-state index in [1.165, 1.54) is 5.56 Å². The molecule has 0 aromatic heterocycles. The number of anilines is 1. The van der Waals surface area contributed by atoms with Gasteiger partial charge in [-0.05, 0) is 37.7 Å². The molecule has 100 valence electrons. The summed E-state index contributed by atoms with van der Waals surface area (Å²) in [4.78, 5) is 13.2. The Morgan fingerprint density at radius 1 is 1.28 bits per heavy atom. The van der Waals surface area contributed by atoms with Crippen molar-refractivity contribution in [3.63, 3.8) is 0 Å². The third-order valence-corrected chi connectivity index (χ3v) is 2.71. The standard InChI is InChI=1S/C14H22N2O2/c1-10(2)13(14(17)18)15-12-7-5-11(6-8-12)9-16(3)4/h5-8,10,13,15H,9H2,1-4H3,(H,17,18). The fraction of sp³-hybridized carbons (Fsp3) is 0.500. The van der Waals surface area contributed by atoms with E-state index in [9.17, 15) is 4.79 Å².